The largest absolute Gasteiger partial charge is 0.352 e. The van der Waals surface area contributed by atoms with E-state index in [2.05, 4.69) is 5.32 Å². The number of rotatable bonds is 3. The number of nitrogens with one attached hydrogen (secondary N) is 1. The number of amides is 1. The lowest BCUT2D eigenvalue weighted by Gasteiger charge is -2.11. The van der Waals surface area contributed by atoms with Crippen molar-refractivity contribution in [3.63, 3.8) is 0 Å². The zero-order valence-corrected chi connectivity index (χ0v) is 11.6. The molecule has 104 valence electrons. The second-order valence-electron chi connectivity index (χ2n) is 4.54. The number of hydrogen-bond donors (Lipinski definition) is 1. The van der Waals surface area contributed by atoms with Gasteiger partial charge >= 0.3 is 0 Å². The van der Waals surface area contributed by atoms with E-state index in [-0.39, 0.29) is 34.6 Å². The molecule has 7 heteroatoms. The van der Waals surface area contributed by atoms with E-state index < -0.39 is 21.6 Å². The van der Waals surface area contributed by atoms with Crippen LogP contribution in [-0.2, 0) is 21.1 Å². The highest BCUT2D eigenvalue weighted by Crippen LogP contribution is 2.19. The predicted octanol–water partition coefficient (Wildman–Crippen LogP) is 1.32. The van der Waals surface area contributed by atoms with Crippen molar-refractivity contribution in [2.24, 2.45) is 0 Å². The molecule has 0 aromatic heterocycles. The van der Waals surface area contributed by atoms with Crippen molar-refractivity contribution in [2.45, 2.75) is 18.9 Å². The molecule has 4 nitrogen and oxygen atoms in total. The van der Waals surface area contributed by atoms with E-state index in [4.69, 9.17) is 11.6 Å². The molecule has 1 N–H and O–H groups in total. The lowest BCUT2D eigenvalue weighted by atomic mass is 10.1. The van der Waals surface area contributed by atoms with Crippen molar-refractivity contribution in [3.05, 3.63) is 34.6 Å². The highest BCUT2D eigenvalue weighted by atomic mass is 35.5. The molecule has 1 atom stereocenters. The normalized spacial score (nSPS) is 21.3. The fourth-order valence-corrected chi connectivity index (χ4v) is 3.95. The fourth-order valence-electron chi connectivity index (χ4n) is 2.05. The number of carbonyl (C=O) groups is 1. The molecule has 1 aromatic rings. The average Bonchev–Trinajstić information content (AvgIpc) is 2.63. The Bertz CT molecular complexity index is 583. The van der Waals surface area contributed by atoms with Gasteiger partial charge in [-0.25, -0.2) is 12.8 Å². The first kappa shape index (κ1) is 14.3. The lowest BCUT2D eigenvalue weighted by molar-refractivity contribution is -0.121. The molecule has 1 aromatic carbocycles. The van der Waals surface area contributed by atoms with E-state index in [9.17, 15) is 17.6 Å². The van der Waals surface area contributed by atoms with Crippen LogP contribution in [-0.4, -0.2) is 31.9 Å². The van der Waals surface area contributed by atoms with E-state index in [0.29, 0.717) is 6.42 Å². The summed E-state index contributed by atoms with van der Waals surface area (Å²) in [6, 6.07) is 3.81. The number of sulfone groups is 1. The number of halogens is 2. The van der Waals surface area contributed by atoms with Gasteiger partial charge in [0.2, 0.25) is 5.91 Å². The summed E-state index contributed by atoms with van der Waals surface area (Å²) in [5, 5.41) is 2.78. The van der Waals surface area contributed by atoms with Crippen LogP contribution in [0.3, 0.4) is 0 Å². The Balaban J connectivity index is 1.99. The quantitative estimate of drug-likeness (QED) is 0.916. The Kier molecular flexibility index (Phi) is 4.10. The lowest BCUT2D eigenvalue weighted by Crippen LogP contribution is -2.36. The van der Waals surface area contributed by atoms with Crippen LogP contribution in [0.1, 0.15) is 12.0 Å². The second-order valence-corrected chi connectivity index (χ2v) is 7.18. The molecule has 1 fully saturated rings. The van der Waals surface area contributed by atoms with Crippen molar-refractivity contribution in [1.29, 1.82) is 0 Å². The van der Waals surface area contributed by atoms with Gasteiger partial charge in [-0.05, 0) is 18.6 Å². The smallest absolute Gasteiger partial charge is 0.224 e. The van der Waals surface area contributed by atoms with Crippen LogP contribution >= 0.6 is 11.6 Å². The van der Waals surface area contributed by atoms with Gasteiger partial charge in [0.15, 0.2) is 9.84 Å². The van der Waals surface area contributed by atoms with Gasteiger partial charge in [-0.15, -0.1) is 0 Å². The third kappa shape index (κ3) is 3.67. The summed E-state index contributed by atoms with van der Waals surface area (Å²) in [6.07, 6.45) is 0.209. The van der Waals surface area contributed by atoms with Crippen LogP contribution in [0.25, 0.3) is 0 Å². The first-order valence-corrected chi connectivity index (χ1v) is 8.00. The molecule has 0 bridgehead atoms. The summed E-state index contributed by atoms with van der Waals surface area (Å²) in [5.41, 5.74) is 0.127. The third-order valence-electron chi connectivity index (χ3n) is 3.00. The molecule has 1 heterocycles. The average molecular weight is 306 g/mol. The summed E-state index contributed by atoms with van der Waals surface area (Å²) in [7, 11) is -3.05. The fraction of sp³-hybridized carbons (Fsp3) is 0.417. The van der Waals surface area contributed by atoms with Crippen LogP contribution in [0.4, 0.5) is 4.39 Å². The van der Waals surface area contributed by atoms with Gasteiger partial charge in [0.1, 0.15) is 5.82 Å². The maximum atomic E-state index is 13.5. The van der Waals surface area contributed by atoms with E-state index >= 15 is 0 Å². The summed E-state index contributed by atoms with van der Waals surface area (Å²) >= 11 is 5.82. The number of hydrogen-bond acceptors (Lipinski definition) is 3. The molecular weight excluding hydrogens is 293 g/mol. The molecule has 1 aliphatic rings. The SMILES string of the molecule is O=C(Cc1c(F)cccc1Cl)NC1CCS(=O)(=O)C1. The van der Waals surface area contributed by atoms with Gasteiger partial charge in [0.25, 0.3) is 0 Å². The maximum Gasteiger partial charge on any atom is 0.224 e. The molecule has 1 unspecified atom stereocenters. The minimum absolute atomic E-state index is 0.0518. The molecule has 19 heavy (non-hydrogen) atoms. The first-order chi connectivity index (χ1) is 8.87. The molecule has 0 radical (unpaired) electrons. The van der Waals surface area contributed by atoms with Gasteiger partial charge in [-0.1, -0.05) is 17.7 Å². The standard InChI is InChI=1S/C12H13ClFNO3S/c13-10-2-1-3-11(14)9(10)6-12(16)15-8-4-5-19(17,18)7-8/h1-3,8H,4-7H2,(H,15,16). The summed E-state index contributed by atoms with van der Waals surface area (Å²) < 4.78 is 36.0. The van der Waals surface area contributed by atoms with E-state index in [0.717, 1.165) is 0 Å². The predicted molar refractivity (Wildman–Crippen MR) is 70.3 cm³/mol. The topological polar surface area (TPSA) is 63.2 Å². The molecule has 1 saturated heterocycles. The van der Waals surface area contributed by atoms with Crippen LogP contribution in [0.2, 0.25) is 5.02 Å². The van der Waals surface area contributed by atoms with Gasteiger partial charge in [-0.2, -0.15) is 0 Å². The van der Waals surface area contributed by atoms with Gasteiger partial charge in [-0.3, -0.25) is 4.79 Å². The minimum atomic E-state index is -3.05. The van der Waals surface area contributed by atoms with Crippen LogP contribution in [0.15, 0.2) is 18.2 Å². The summed E-state index contributed by atoms with van der Waals surface area (Å²) in [6.45, 7) is 0. The van der Waals surface area contributed by atoms with Crippen LogP contribution < -0.4 is 5.32 Å². The number of carbonyl (C=O) groups excluding carboxylic acids is 1. The maximum absolute atomic E-state index is 13.5. The van der Waals surface area contributed by atoms with Gasteiger partial charge < -0.3 is 5.32 Å². The van der Waals surface area contributed by atoms with Crippen molar-refractivity contribution < 1.29 is 17.6 Å². The molecule has 0 aliphatic carbocycles. The Morgan fingerprint density at radius 1 is 1.47 bits per heavy atom. The Labute approximate surface area is 115 Å². The molecule has 1 aliphatic heterocycles. The van der Waals surface area contributed by atoms with Gasteiger partial charge in [0, 0.05) is 16.6 Å². The van der Waals surface area contributed by atoms with Crippen LogP contribution in [0.5, 0.6) is 0 Å². The zero-order chi connectivity index (χ0) is 14.0. The first-order valence-electron chi connectivity index (χ1n) is 5.80. The molecule has 1 amide bonds. The second kappa shape index (κ2) is 5.46. The highest BCUT2D eigenvalue weighted by molar-refractivity contribution is 7.91. The summed E-state index contributed by atoms with van der Waals surface area (Å²) in [4.78, 5) is 11.8. The monoisotopic (exact) mass is 305 g/mol. The molecule has 2 rings (SSSR count). The number of benzene rings is 1. The molecule has 0 saturated carbocycles. The van der Waals surface area contributed by atoms with Crippen molar-refractivity contribution in [3.8, 4) is 0 Å². The zero-order valence-electron chi connectivity index (χ0n) is 10.0. The van der Waals surface area contributed by atoms with E-state index in [1.807, 2.05) is 0 Å². The molecule has 0 spiro atoms. The highest BCUT2D eigenvalue weighted by Gasteiger charge is 2.29. The van der Waals surface area contributed by atoms with Crippen LogP contribution in [0, 0.1) is 5.82 Å². The Morgan fingerprint density at radius 2 is 2.21 bits per heavy atom. The Hall–Kier alpha value is -1.14. The van der Waals surface area contributed by atoms with E-state index in [1.54, 1.807) is 0 Å². The molecular formula is C12H13ClFNO3S. The van der Waals surface area contributed by atoms with Crippen molar-refractivity contribution >= 4 is 27.3 Å². The van der Waals surface area contributed by atoms with E-state index in [1.165, 1.54) is 18.2 Å². The van der Waals surface area contributed by atoms with Crippen molar-refractivity contribution in [2.75, 3.05) is 11.5 Å². The van der Waals surface area contributed by atoms with Crippen molar-refractivity contribution in [1.82, 2.24) is 5.32 Å². The third-order valence-corrected chi connectivity index (χ3v) is 5.12. The Morgan fingerprint density at radius 3 is 2.79 bits per heavy atom. The van der Waals surface area contributed by atoms with Gasteiger partial charge in [0.05, 0.1) is 17.9 Å². The summed E-state index contributed by atoms with van der Waals surface area (Å²) in [5.74, 6) is -0.932. The minimum Gasteiger partial charge on any atom is -0.352 e.